The number of hydrogen-bond acceptors (Lipinski definition) is 3. The number of esters is 1. The van der Waals surface area contributed by atoms with Crippen LogP contribution in [0.5, 0.6) is 5.75 Å². The van der Waals surface area contributed by atoms with Crippen LogP contribution in [0.3, 0.4) is 0 Å². The molecule has 0 heterocycles. The highest BCUT2D eigenvalue weighted by Gasteiger charge is 2.23. The topological polar surface area (TPSA) is 35.5 Å². The van der Waals surface area contributed by atoms with Crippen LogP contribution in [0.1, 0.15) is 24.0 Å². The maximum absolute atomic E-state index is 12.8. The minimum absolute atomic E-state index is 0.217. The lowest BCUT2D eigenvalue weighted by Gasteiger charge is -2.17. The van der Waals surface area contributed by atoms with E-state index in [1.165, 1.54) is 0 Å². The second-order valence-electron chi connectivity index (χ2n) is 7.69. The molecule has 0 N–H and O–H groups in total. The number of halogens is 1. The van der Waals surface area contributed by atoms with Gasteiger partial charge < -0.3 is 9.47 Å². The molecule has 162 valence electrons. The second kappa shape index (κ2) is 9.88. The first-order valence-electron chi connectivity index (χ1n) is 10.7. The van der Waals surface area contributed by atoms with Gasteiger partial charge in [0.25, 0.3) is 0 Å². The molecule has 4 rings (SSSR count). The van der Waals surface area contributed by atoms with Gasteiger partial charge in [0.2, 0.25) is 0 Å². The summed E-state index contributed by atoms with van der Waals surface area (Å²) >= 11 is 6.03. The molecule has 0 radical (unpaired) electrons. The lowest BCUT2D eigenvalue weighted by atomic mass is 9.89. The first kappa shape index (κ1) is 21.9. The predicted octanol–water partition coefficient (Wildman–Crippen LogP) is 7.06. The van der Waals surface area contributed by atoms with E-state index in [0.29, 0.717) is 18.1 Å². The van der Waals surface area contributed by atoms with Crippen LogP contribution in [0.25, 0.3) is 21.9 Å². The Hall–Kier alpha value is -3.30. The number of ether oxygens (including phenoxy) is 2. The largest absolute Gasteiger partial charge is 0.497 e. The highest BCUT2D eigenvalue weighted by atomic mass is 35.5. The molecule has 0 aliphatic heterocycles. The monoisotopic (exact) mass is 444 g/mol. The van der Waals surface area contributed by atoms with Gasteiger partial charge in [-0.1, -0.05) is 66.2 Å². The predicted molar refractivity (Wildman–Crippen MR) is 130 cm³/mol. The fourth-order valence-electron chi connectivity index (χ4n) is 3.90. The number of benzene rings is 4. The van der Waals surface area contributed by atoms with E-state index >= 15 is 0 Å². The van der Waals surface area contributed by atoms with Gasteiger partial charge in [0.05, 0.1) is 19.6 Å². The van der Waals surface area contributed by atoms with E-state index in [0.717, 1.165) is 38.8 Å². The van der Waals surface area contributed by atoms with Gasteiger partial charge in [-0.05, 0) is 76.7 Å². The average Bonchev–Trinajstić information content (AvgIpc) is 2.83. The summed E-state index contributed by atoms with van der Waals surface area (Å²) in [7, 11) is 1.67. The number of fused-ring (bicyclic) bond motifs is 1. The molecule has 0 aliphatic rings. The summed E-state index contributed by atoms with van der Waals surface area (Å²) in [6.07, 6.45) is 0.553. The molecule has 1 atom stereocenters. The Morgan fingerprint density at radius 3 is 2.34 bits per heavy atom. The molecule has 4 heteroatoms. The van der Waals surface area contributed by atoms with Crippen LogP contribution in [0.2, 0.25) is 5.02 Å². The Morgan fingerprint density at radius 1 is 0.875 bits per heavy atom. The summed E-state index contributed by atoms with van der Waals surface area (Å²) in [4.78, 5) is 12.8. The van der Waals surface area contributed by atoms with Crippen molar-refractivity contribution < 1.29 is 14.3 Å². The molecule has 3 nitrogen and oxygen atoms in total. The molecule has 0 amide bonds. The second-order valence-corrected chi connectivity index (χ2v) is 8.12. The molecule has 32 heavy (non-hydrogen) atoms. The Labute approximate surface area is 193 Å². The van der Waals surface area contributed by atoms with Gasteiger partial charge in [-0.25, -0.2) is 0 Å². The average molecular weight is 445 g/mol. The van der Waals surface area contributed by atoms with E-state index in [1.807, 2.05) is 55.5 Å². The number of carbonyl (C=O) groups is 1. The van der Waals surface area contributed by atoms with Crippen molar-refractivity contribution in [1.29, 1.82) is 0 Å². The highest BCUT2D eigenvalue weighted by Crippen LogP contribution is 2.30. The van der Waals surface area contributed by atoms with Crippen molar-refractivity contribution in [1.82, 2.24) is 0 Å². The molecule has 4 aromatic rings. The minimum Gasteiger partial charge on any atom is -0.497 e. The van der Waals surface area contributed by atoms with Gasteiger partial charge in [-0.2, -0.15) is 0 Å². The molecule has 0 saturated heterocycles. The van der Waals surface area contributed by atoms with E-state index in [9.17, 15) is 4.79 Å². The molecule has 0 fully saturated rings. The molecule has 4 aromatic carbocycles. The van der Waals surface area contributed by atoms with Gasteiger partial charge in [0, 0.05) is 5.02 Å². The molecular formula is C28H25ClO3. The van der Waals surface area contributed by atoms with Crippen molar-refractivity contribution in [3.05, 3.63) is 101 Å². The number of methoxy groups -OCH3 is 1. The first-order chi connectivity index (χ1) is 15.6. The van der Waals surface area contributed by atoms with Crippen molar-refractivity contribution in [2.24, 2.45) is 0 Å². The van der Waals surface area contributed by atoms with Crippen LogP contribution in [-0.4, -0.2) is 19.7 Å². The minimum atomic E-state index is -0.388. The van der Waals surface area contributed by atoms with Crippen molar-refractivity contribution in [2.45, 2.75) is 19.3 Å². The molecule has 0 saturated carbocycles. The zero-order chi connectivity index (χ0) is 22.5. The van der Waals surface area contributed by atoms with E-state index in [1.54, 1.807) is 7.11 Å². The summed E-state index contributed by atoms with van der Waals surface area (Å²) in [5, 5.41) is 2.94. The summed E-state index contributed by atoms with van der Waals surface area (Å²) < 4.78 is 10.7. The standard InChI is InChI=1S/C28H25ClO3/c1-3-32-28(30)27(15-19-7-12-25(29)13-8-19)24-6-4-5-20(17-24)21-9-10-23-18-26(31-2)14-11-22(23)16-21/h4-14,16-18,27H,3,15H2,1-2H3. The first-order valence-corrected chi connectivity index (χ1v) is 11.0. The molecule has 0 spiro atoms. The normalized spacial score (nSPS) is 11.8. The Morgan fingerprint density at radius 2 is 1.59 bits per heavy atom. The smallest absolute Gasteiger partial charge is 0.313 e. The zero-order valence-electron chi connectivity index (χ0n) is 18.2. The third-order valence-electron chi connectivity index (χ3n) is 5.59. The Kier molecular flexibility index (Phi) is 6.77. The fraction of sp³-hybridized carbons (Fsp3) is 0.179. The molecular weight excluding hydrogens is 420 g/mol. The van der Waals surface area contributed by atoms with Crippen molar-refractivity contribution in [3.63, 3.8) is 0 Å². The van der Waals surface area contributed by atoms with Crippen LogP contribution in [0, 0.1) is 0 Å². The lowest BCUT2D eigenvalue weighted by Crippen LogP contribution is -2.18. The summed E-state index contributed by atoms with van der Waals surface area (Å²) in [5.41, 5.74) is 4.13. The molecule has 0 aliphatic carbocycles. The van der Waals surface area contributed by atoms with Crippen LogP contribution in [-0.2, 0) is 16.0 Å². The number of hydrogen-bond donors (Lipinski definition) is 0. The van der Waals surface area contributed by atoms with Crippen molar-refractivity contribution >= 4 is 28.3 Å². The third-order valence-corrected chi connectivity index (χ3v) is 5.85. The van der Waals surface area contributed by atoms with E-state index < -0.39 is 0 Å². The summed E-state index contributed by atoms with van der Waals surface area (Å²) in [6.45, 7) is 2.18. The van der Waals surface area contributed by atoms with E-state index in [-0.39, 0.29) is 11.9 Å². The maximum Gasteiger partial charge on any atom is 0.313 e. The zero-order valence-corrected chi connectivity index (χ0v) is 18.9. The fourth-order valence-corrected chi connectivity index (χ4v) is 4.03. The Bertz CT molecular complexity index is 1230. The lowest BCUT2D eigenvalue weighted by molar-refractivity contribution is -0.144. The van der Waals surface area contributed by atoms with Gasteiger partial charge in [-0.15, -0.1) is 0 Å². The van der Waals surface area contributed by atoms with Crippen LogP contribution >= 0.6 is 11.6 Å². The highest BCUT2D eigenvalue weighted by molar-refractivity contribution is 6.30. The summed E-state index contributed by atoms with van der Waals surface area (Å²) in [5.74, 6) is 0.234. The van der Waals surface area contributed by atoms with Gasteiger partial charge in [-0.3, -0.25) is 4.79 Å². The maximum atomic E-state index is 12.8. The van der Waals surface area contributed by atoms with E-state index in [4.69, 9.17) is 21.1 Å². The van der Waals surface area contributed by atoms with Gasteiger partial charge >= 0.3 is 5.97 Å². The van der Waals surface area contributed by atoms with Crippen LogP contribution in [0.15, 0.2) is 84.9 Å². The number of rotatable bonds is 7. The molecule has 0 aromatic heterocycles. The third kappa shape index (κ3) is 4.95. The molecule has 1 unspecified atom stereocenters. The summed E-state index contributed by atoms with van der Waals surface area (Å²) in [6, 6.07) is 28.1. The number of carbonyl (C=O) groups excluding carboxylic acids is 1. The van der Waals surface area contributed by atoms with Gasteiger partial charge in [0.1, 0.15) is 5.75 Å². The quantitative estimate of drug-likeness (QED) is 0.286. The van der Waals surface area contributed by atoms with E-state index in [2.05, 4.69) is 36.4 Å². The SMILES string of the molecule is CCOC(=O)C(Cc1ccc(Cl)cc1)c1cccc(-c2ccc3cc(OC)ccc3c2)c1. The van der Waals surface area contributed by atoms with Crippen LogP contribution in [0.4, 0.5) is 0 Å². The van der Waals surface area contributed by atoms with Crippen molar-refractivity contribution in [2.75, 3.05) is 13.7 Å². The Balaban J connectivity index is 1.68. The molecule has 0 bridgehead atoms. The van der Waals surface area contributed by atoms with Gasteiger partial charge in [0.15, 0.2) is 0 Å². The van der Waals surface area contributed by atoms with Crippen molar-refractivity contribution in [3.8, 4) is 16.9 Å². The van der Waals surface area contributed by atoms with Crippen LogP contribution < -0.4 is 4.74 Å².